The average molecular weight is 604 g/mol. The first-order valence-corrected chi connectivity index (χ1v) is 13.3. The van der Waals surface area contributed by atoms with Gasteiger partial charge in [0.25, 0.3) is 5.91 Å². The fourth-order valence-corrected chi connectivity index (χ4v) is 4.89. The normalized spacial score (nSPS) is 17.9. The highest BCUT2D eigenvalue weighted by atomic mass is 19.4. The van der Waals surface area contributed by atoms with E-state index in [-0.39, 0.29) is 36.7 Å². The number of hydrogen-bond acceptors (Lipinski definition) is 7. The first-order chi connectivity index (χ1) is 20.5. The number of benzene rings is 2. The van der Waals surface area contributed by atoms with Crippen LogP contribution in [-0.4, -0.2) is 82.9 Å². The van der Waals surface area contributed by atoms with Crippen molar-refractivity contribution < 1.29 is 41.1 Å². The van der Waals surface area contributed by atoms with E-state index in [0.717, 1.165) is 12.1 Å². The molecule has 43 heavy (non-hydrogen) atoms. The molecule has 1 fully saturated rings. The topological polar surface area (TPSA) is 111 Å². The molecule has 2 N–H and O–H groups in total. The van der Waals surface area contributed by atoms with Gasteiger partial charge in [0, 0.05) is 37.8 Å². The van der Waals surface area contributed by atoms with Crippen molar-refractivity contribution in [2.24, 2.45) is 4.99 Å². The molecule has 9 nitrogen and oxygen atoms in total. The van der Waals surface area contributed by atoms with Gasteiger partial charge in [0.15, 0.2) is 5.69 Å². The summed E-state index contributed by atoms with van der Waals surface area (Å²) in [5.41, 5.74) is -1.09. The standard InChI is InChI=1S/C29H26F5N5O4/c30-19-12-18(13-20(31)14-19)22(16-40)28(42)39-10-8-38(9-11-39)23-7-6-21(15-35-23)36-26(41)24-25(29(32,33)34)37-27(43-24)17-4-2-1-3-5-17/h1-7,12-14,21-22,40H,8-11,15-16H2,(H,36,41). The van der Waals surface area contributed by atoms with Crippen molar-refractivity contribution >= 4 is 17.6 Å². The minimum atomic E-state index is -4.91. The molecule has 14 heteroatoms. The Morgan fingerprint density at radius 2 is 1.72 bits per heavy atom. The number of aliphatic hydroxyl groups excluding tert-OH is 1. The number of dihydropyridines is 1. The van der Waals surface area contributed by atoms with Gasteiger partial charge in [-0.1, -0.05) is 24.3 Å². The minimum Gasteiger partial charge on any atom is -0.430 e. The molecule has 0 saturated carbocycles. The Kier molecular flexibility index (Phi) is 8.57. The summed E-state index contributed by atoms with van der Waals surface area (Å²) in [6, 6.07) is 9.93. The molecule has 2 aromatic carbocycles. The van der Waals surface area contributed by atoms with E-state index >= 15 is 0 Å². The Morgan fingerprint density at radius 3 is 2.30 bits per heavy atom. The van der Waals surface area contributed by atoms with Crippen LogP contribution in [0.4, 0.5) is 22.0 Å². The molecule has 0 spiro atoms. The van der Waals surface area contributed by atoms with Crippen LogP contribution in [0.3, 0.4) is 0 Å². The summed E-state index contributed by atoms with van der Waals surface area (Å²) in [4.78, 5) is 37.1. The maximum absolute atomic E-state index is 13.7. The second-order valence-electron chi connectivity index (χ2n) is 9.95. The van der Waals surface area contributed by atoms with E-state index in [1.807, 2.05) is 4.90 Å². The molecule has 226 valence electrons. The van der Waals surface area contributed by atoms with Crippen molar-refractivity contribution in [3.63, 3.8) is 0 Å². The molecule has 2 aliphatic rings. The van der Waals surface area contributed by atoms with Crippen LogP contribution in [0, 0.1) is 11.6 Å². The van der Waals surface area contributed by atoms with Crippen LogP contribution < -0.4 is 5.32 Å². The monoisotopic (exact) mass is 603 g/mol. The summed E-state index contributed by atoms with van der Waals surface area (Å²) in [5.74, 6) is -5.07. The molecule has 0 aliphatic carbocycles. The van der Waals surface area contributed by atoms with Gasteiger partial charge in [0.05, 0.1) is 25.1 Å². The summed E-state index contributed by atoms with van der Waals surface area (Å²) < 4.78 is 73.4. The van der Waals surface area contributed by atoms with E-state index in [9.17, 15) is 36.6 Å². The third kappa shape index (κ3) is 6.74. The molecule has 1 saturated heterocycles. The summed E-state index contributed by atoms with van der Waals surface area (Å²) in [6.45, 7) is 0.699. The lowest BCUT2D eigenvalue weighted by molar-refractivity contribution is -0.141. The Labute approximate surface area is 242 Å². The van der Waals surface area contributed by atoms with Crippen molar-refractivity contribution in [1.29, 1.82) is 0 Å². The van der Waals surface area contributed by atoms with Crippen LogP contribution in [0.2, 0.25) is 0 Å². The van der Waals surface area contributed by atoms with E-state index in [1.165, 1.54) is 17.0 Å². The number of alkyl halides is 3. The van der Waals surface area contributed by atoms with Gasteiger partial charge in [-0.25, -0.2) is 13.8 Å². The van der Waals surface area contributed by atoms with Gasteiger partial charge < -0.3 is 24.6 Å². The maximum atomic E-state index is 13.7. The van der Waals surface area contributed by atoms with Crippen LogP contribution >= 0.6 is 0 Å². The fourth-order valence-electron chi connectivity index (χ4n) is 4.89. The summed E-state index contributed by atoms with van der Waals surface area (Å²) in [7, 11) is 0. The number of aromatic nitrogens is 1. The number of piperazine rings is 1. The number of hydrogen-bond donors (Lipinski definition) is 2. The van der Waals surface area contributed by atoms with Crippen molar-refractivity contribution in [2.75, 3.05) is 39.3 Å². The van der Waals surface area contributed by atoms with Gasteiger partial charge in [-0.3, -0.25) is 14.6 Å². The third-order valence-electron chi connectivity index (χ3n) is 7.05. The lowest BCUT2D eigenvalue weighted by Crippen LogP contribution is -2.52. The highest BCUT2D eigenvalue weighted by Crippen LogP contribution is 2.34. The molecule has 0 bridgehead atoms. The SMILES string of the molecule is O=C(NC1C=CC(N2CCN(C(=O)C(CO)c3cc(F)cc(F)c3)CC2)=NC1)c1oc(-c2ccccc2)nc1C(F)(F)F. The molecule has 3 aromatic rings. The van der Waals surface area contributed by atoms with Crippen LogP contribution in [0.5, 0.6) is 0 Å². The number of nitrogens with zero attached hydrogens (tertiary/aromatic N) is 4. The van der Waals surface area contributed by atoms with Crippen LogP contribution in [-0.2, 0) is 11.0 Å². The Bertz CT molecular complexity index is 1530. The highest BCUT2D eigenvalue weighted by Gasteiger charge is 2.41. The molecule has 2 unspecified atom stereocenters. The van der Waals surface area contributed by atoms with Crippen LogP contribution in [0.25, 0.3) is 11.5 Å². The molecule has 1 aromatic heterocycles. The quantitative estimate of drug-likeness (QED) is 0.417. The highest BCUT2D eigenvalue weighted by molar-refractivity contribution is 5.96. The predicted octanol–water partition coefficient (Wildman–Crippen LogP) is 3.63. The number of carbonyl (C=O) groups excluding carboxylic acids is 2. The summed E-state index contributed by atoms with van der Waals surface area (Å²) in [5, 5.41) is 12.2. The lowest BCUT2D eigenvalue weighted by atomic mass is 9.97. The number of halogens is 5. The van der Waals surface area contributed by atoms with Gasteiger partial charge in [-0.05, 0) is 35.9 Å². The Hall–Kier alpha value is -4.59. The second kappa shape index (κ2) is 12.3. The smallest absolute Gasteiger partial charge is 0.430 e. The van der Waals surface area contributed by atoms with Crippen LogP contribution in [0.15, 0.2) is 70.1 Å². The third-order valence-corrected chi connectivity index (χ3v) is 7.05. The zero-order valence-corrected chi connectivity index (χ0v) is 22.5. The first kappa shape index (κ1) is 29.9. The van der Waals surface area contributed by atoms with Gasteiger partial charge in [-0.2, -0.15) is 13.2 Å². The van der Waals surface area contributed by atoms with Gasteiger partial charge in [0.1, 0.15) is 17.5 Å². The molecular formula is C29H26F5N5O4. The largest absolute Gasteiger partial charge is 0.437 e. The number of nitrogens with one attached hydrogen (secondary N) is 1. The number of rotatable bonds is 6. The molecule has 2 aliphatic heterocycles. The number of aliphatic imine (C=N–C) groups is 1. The fraction of sp³-hybridized carbons (Fsp3) is 0.310. The first-order valence-electron chi connectivity index (χ1n) is 13.3. The van der Waals surface area contributed by atoms with Crippen molar-refractivity contribution in [3.05, 3.63) is 89.3 Å². The zero-order chi connectivity index (χ0) is 30.7. The molecule has 2 amide bonds. The van der Waals surface area contributed by atoms with Crippen molar-refractivity contribution in [2.45, 2.75) is 18.1 Å². The van der Waals surface area contributed by atoms with Gasteiger partial charge in [0.2, 0.25) is 17.6 Å². The van der Waals surface area contributed by atoms with E-state index < -0.39 is 59.6 Å². The maximum Gasteiger partial charge on any atom is 0.437 e. The molecule has 2 atom stereocenters. The number of aliphatic hydroxyl groups is 1. The van der Waals surface area contributed by atoms with Crippen molar-refractivity contribution in [1.82, 2.24) is 20.1 Å². The van der Waals surface area contributed by atoms with Crippen LogP contribution in [0.1, 0.15) is 27.7 Å². The number of amidine groups is 1. The second-order valence-corrected chi connectivity index (χ2v) is 9.95. The van der Waals surface area contributed by atoms with E-state index in [1.54, 1.807) is 30.4 Å². The Morgan fingerprint density at radius 1 is 1.05 bits per heavy atom. The number of carbonyl (C=O) groups is 2. The van der Waals surface area contributed by atoms with Gasteiger partial charge >= 0.3 is 6.18 Å². The number of amides is 2. The summed E-state index contributed by atoms with van der Waals surface area (Å²) >= 11 is 0. The predicted molar refractivity (Wildman–Crippen MR) is 144 cm³/mol. The molecule has 3 heterocycles. The van der Waals surface area contributed by atoms with E-state index in [0.29, 0.717) is 25.0 Å². The van der Waals surface area contributed by atoms with Crippen molar-refractivity contribution in [3.8, 4) is 11.5 Å². The minimum absolute atomic E-state index is 0.0454. The summed E-state index contributed by atoms with van der Waals surface area (Å²) in [6.07, 6.45) is -1.69. The number of oxazole rings is 1. The average Bonchev–Trinajstić information content (AvgIpc) is 3.45. The van der Waals surface area contributed by atoms with Gasteiger partial charge in [-0.15, -0.1) is 0 Å². The molecular weight excluding hydrogens is 577 g/mol. The van der Waals surface area contributed by atoms with E-state index in [2.05, 4.69) is 15.3 Å². The molecule has 5 rings (SSSR count). The van der Waals surface area contributed by atoms with E-state index in [4.69, 9.17) is 4.42 Å². The lowest BCUT2D eigenvalue weighted by Gasteiger charge is -2.38. The Balaban J connectivity index is 1.18. The molecule has 0 radical (unpaired) electrons. The zero-order valence-electron chi connectivity index (χ0n) is 22.5.